The number of nitrogen functional groups attached to an aromatic ring is 2. The van der Waals surface area contributed by atoms with Gasteiger partial charge in [-0.15, -0.1) is 0 Å². The van der Waals surface area contributed by atoms with Crippen LogP contribution in [0.3, 0.4) is 0 Å². The third-order valence-electron chi connectivity index (χ3n) is 2.86. The van der Waals surface area contributed by atoms with Crippen LogP contribution in [0.1, 0.15) is 17.3 Å². The van der Waals surface area contributed by atoms with E-state index in [1.807, 2.05) is 0 Å². The van der Waals surface area contributed by atoms with Crippen LogP contribution < -0.4 is 22.3 Å². The minimum Gasteiger partial charge on any atom is -0.478 e. The normalized spacial score (nSPS) is 10.1. The number of aromatic carboxylic acids is 1. The van der Waals surface area contributed by atoms with Gasteiger partial charge >= 0.3 is 5.97 Å². The van der Waals surface area contributed by atoms with Crippen molar-refractivity contribution < 1.29 is 14.7 Å². The number of hydrogen-bond acceptors (Lipinski definition) is 6. The van der Waals surface area contributed by atoms with E-state index >= 15 is 0 Å². The monoisotopic (exact) mass is 301 g/mol. The van der Waals surface area contributed by atoms with Gasteiger partial charge in [-0.25, -0.2) is 15.6 Å². The van der Waals surface area contributed by atoms with Crippen molar-refractivity contribution >= 4 is 29.1 Å². The number of carboxylic acids is 1. The van der Waals surface area contributed by atoms with E-state index < -0.39 is 5.97 Å². The molecule has 0 bridgehead atoms. The molecule has 0 aliphatic carbocycles. The first kappa shape index (κ1) is 15.3. The molecule has 0 saturated heterocycles. The van der Waals surface area contributed by atoms with E-state index in [0.29, 0.717) is 22.6 Å². The number of nitrogens with one attached hydrogen (secondary N) is 2. The second kappa shape index (κ2) is 6.10. The minimum absolute atomic E-state index is 0.0298. The number of anilines is 3. The Bertz CT molecular complexity index is 745. The van der Waals surface area contributed by atoms with E-state index in [4.69, 9.17) is 11.6 Å². The summed E-state index contributed by atoms with van der Waals surface area (Å²) < 4.78 is 0. The van der Waals surface area contributed by atoms with Crippen LogP contribution in [-0.4, -0.2) is 22.0 Å². The Balaban J connectivity index is 2.55. The molecule has 1 aromatic carbocycles. The van der Waals surface area contributed by atoms with Crippen LogP contribution in [0, 0.1) is 0 Å². The molecular weight excluding hydrogens is 286 g/mol. The average Bonchev–Trinajstić information content (AvgIpc) is 2.46. The third-order valence-corrected chi connectivity index (χ3v) is 2.86. The molecule has 0 fully saturated rings. The quantitative estimate of drug-likeness (QED) is 0.422. The van der Waals surface area contributed by atoms with Gasteiger partial charge in [0.15, 0.2) is 5.82 Å². The summed E-state index contributed by atoms with van der Waals surface area (Å²) in [5.74, 6) is 4.19. The predicted molar refractivity (Wildman–Crippen MR) is 83.2 cm³/mol. The Morgan fingerprint density at radius 1 is 1.23 bits per heavy atom. The van der Waals surface area contributed by atoms with Crippen LogP contribution in [0.5, 0.6) is 0 Å². The van der Waals surface area contributed by atoms with E-state index in [9.17, 15) is 14.7 Å². The molecule has 8 nitrogen and oxygen atoms in total. The molecular formula is C14H15N5O3. The van der Waals surface area contributed by atoms with Crippen LogP contribution >= 0.6 is 0 Å². The SMILES string of the molecule is CC(=O)Nc1cc(C(=O)O)cc(-c2ccc(N)c(NN)n2)c1. The van der Waals surface area contributed by atoms with E-state index in [1.165, 1.54) is 19.1 Å². The number of carbonyl (C=O) groups is 2. The van der Waals surface area contributed by atoms with Crippen molar-refractivity contribution in [1.29, 1.82) is 0 Å². The number of hydrazine groups is 1. The lowest BCUT2D eigenvalue weighted by molar-refractivity contribution is -0.114. The van der Waals surface area contributed by atoms with Gasteiger partial charge in [-0.05, 0) is 30.3 Å². The van der Waals surface area contributed by atoms with Crippen molar-refractivity contribution in [3.63, 3.8) is 0 Å². The number of nitrogens with two attached hydrogens (primary N) is 2. The van der Waals surface area contributed by atoms with Gasteiger partial charge in [0.2, 0.25) is 5.91 Å². The highest BCUT2D eigenvalue weighted by molar-refractivity contribution is 5.95. The van der Waals surface area contributed by atoms with E-state index in [0.717, 1.165) is 0 Å². The average molecular weight is 301 g/mol. The zero-order chi connectivity index (χ0) is 16.3. The fourth-order valence-electron chi connectivity index (χ4n) is 1.92. The molecule has 114 valence electrons. The summed E-state index contributed by atoms with van der Waals surface area (Å²) in [7, 11) is 0. The van der Waals surface area contributed by atoms with E-state index in [2.05, 4.69) is 15.7 Å². The summed E-state index contributed by atoms with van der Waals surface area (Å²) in [5, 5.41) is 11.7. The van der Waals surface area contributed by atoms with E-state index in [-0.39, 0.29) is 17.3 Å². The Hall–Kier alpha value is -3.13. The van der Waals surface area contributed by atoms with Gasteiger partial charge in [-0.3, -0.25) is 4.79 Å². The molecule has 0 unspecified atom stereocenters. The minimum atomic E-state index is -1.11. The number of rotatable bonds is 4. The van der Waals surface area contributed by atoms with Crippen LogP contribution in [0.15, 0.2) is 30.3 Å². The number of benzene rings is 1. The third kappa shape index (κ3) is 3.30. The zero-order valence-corrected chi connectivity index (χ0v) is 11.8. The maximum Gasteiger partial charge on any atom is 0.335 e. The number of hydrogen-bond donors (Lipinski definition) is 5. The molecule has 0 radical (unpaired) electrons. The second-order valence-electron chi connectivity index (χ2n) is 4.56. The van der Waals surface area contributed by atoms with Gasteiger partial charge in [0.25, 0.3) is 0 Å². The molecule has 1 amide bonds. The summed E-state index contributed by atoms with van der Waals surface area (Å²) in [6, 6.07) is 7.67. The van der Waals surface area contributed by atoms with Gasteiger partial charge in [0.1, 0.15) is 0 Å². The number of nitrogens with zero attached hydrogens (tertiary/aromatic N) is 1. The van der Waals surface area contributed by atoms with Gasteiger partial charge in [-0.1, -0.05) is 0 Å². The van der Waals surface area contributed by atoms with Gasteiger partial charge < -0.3 is 21.6 Å². The molecule has 2 aromatic rings. The van der Waals surface area contributed by atoms with Crippen molar-refractivity contribution in [2.75, 3.05) is 16.5 Å². The largest absolute Gasteiger partial charge is 0.478 e. The highest BCUT2D eigenvalue weighted by Gasteiger charge is 2.11. The molecule has 7 N–H and O–H groups in total. The van der Waals surface area contributed by atoms with Crippen LogP contribution in [0.2, 0.25) is 0 Å². The van der Waals surface area contributed by atoms with Gasteiger partial charge in [-0.2, -0.15) is 0 Å². The number of carboxylic acid groups (broad SMARTS) is 1. The fourth-order valence-corrected chi connectivity index (χ4v) is 1.92. The molecule has 2 rings (SSSR count). The van der Waals surface area contributed by atoms with E-state index in [1.54, 1.807) is 18.2 Å². The summed E-state index contributed by atoms with van der Waals surface area (Å²) >= 11 is 0. The van der Waals surface area contributed by atoms with Crippen molar-refractivity contribution in [3.05, 3.63) is 35.9 Å². The molecule has 0 spiro atoms. The fraction of sp³-hybridized carbons (Fsp3) is 0.0714. The maximum absolute atomic E-state index is 11.2. The Morgan fingerprint density at radius 2 is 1.95 bits per heavy atom. The molecule has 0 aliphatic heterocycles. The van der Waals surface area contributed by atoms with Gasteiger partial charge in [0.05, 0.1) is 16.9 Å². The summed E-state index contributed by atoms with van der Waals surface area (Å²) in [5.41, 5.74) is 9.80. The Morgan fingerprint density at radius 3 is 2.55 bits per heavy atom. The Kier molecular flexibility index (Phi) is 4.23. The molecule has 0 saturated carbocycles. The lowest BCUT2D eigenvalue weighted by Crippen LogP contribution is -2.11. The molecule has 1 aromatic heterocycles. The molecule has 1 heterocycles. The van der Waals surface area contributed by atoms with Crippen molar-refractivity contribution in [3.8, 4) is 11.3 Å². The molecule has 8 heteroatoms. The number of carbonyl (C=O) groups excluding carboxylic acids is 1. The number of amides is 1. The first-order valence-electron chi connectivity index (χ1n) is 6.30. The lowest BCUT2D eigenvalue weighted by Gasteiger charge is -2.10. The molecule has 0 atom stereocenters. The predicted octanol–water partition coefficient (Wildman–Crippen LogP) is 1.27. The topological polar surface area (TPSA) is 143 Å². The van der Waals surface area contributed by atoms with Crippen molar-refractivity contribution in [2.45, 2.75) is 6.92 Å². The van der Waals surface area contributed by atoms with Crippen molar-refractivity contribution in [1.82, 2.24) is 4.98 Å². The summed E-state index contributed by atoms with van der Waals surface area (Å²) in [6.45, 7) is 1.34. The Labute approximate surface area is 126 Å². The highest BCUT2D eigenvalue weighted by Crippen LogP contribution is 2.26. The van der Waals surface area contributed by atoms with Crippen molar-refractivity contribution in [2.24, 2.45) is 5.84 Å². The highest BCUT2D eigenvalue weighted by atomic mass is 16.4. The standard InChI is InChI=1S/C14H15N5O3/c1-7(20)17-10-5-8(4-9(6-10)14(21)22)12-3-2-11(15)13(18-12)19-16/h2-6H,15-16H2,1H3,(H,17,20)(H,18,19)(H,21,22). The first-order chi connectivity index (χ1) is 10.4. The smallest absolute Gasteiger partial charge is 0.335 e. The molecule has 22 heavy (non-hydrogen) atoms. The van der Waals surface area contributed by atoms with Crippen LogP contribution in [-0.2, 0) is 4.79 Å². The zero-order valence-electron chi connectivity index (χ0n) is 11.8. The maximum atomic E-state index is 11.2. The van der Waals surface area contributed by atoms with Crippen LogP contribution in [0.4, 0.5) is 17.2 Å². The van der Waals surface area contributed by atoms with Gasteiger partial charge in [0, 0.05) is 18.2 Å². The first-order valence-corrected chi connectivity index (χ1v) is 6.30. The van der Waals surface area contributed by atoms with Crippen LogP contribution in [0.25, 0.3) is 11.3 Å². The number of pyridine rings is 1. The molecule has 0 aliphatic rings. The summed E-state index contributed by atoms with van der Waals surface area (Å²) in [4.78, 5) is 26.6. The summed E-state index contributed by atoms with van der Waals surface area (Å²) in [6.07, 6.45) is 0. The second-order valence-corrected chi connectivity index (χ2v) is 4.56. The number of aromatic nitrogens is 1. The lowest BCUT2D eigenvalue weighted by atomic mass is 10.1.